The lowest BCUT2D eigenvalue weighted by Gasteiger charge is -1.97. The standard InChI is InChI=1S/C9H12N3P/c1-3-12-8-4-6(2)10-5-7(8)9(13)11-12/h4-5H,3,13H2,1-2H3. The van der Waals surface area contributed by atoms with Crippen LogP contribution in [0.1, 0.15) is 12.6 Å². The minimum Gasteiger partial charge on any atom is -0.264 e. The second-order valence-electron chi connectivity index (χ2n) is 3.04. The Bertz CT molecular complexity index is 447. The number of hydrogen-bond donors (Lipinski definition) is 0. The van der Waals surface area contributed by atoms with Crippen molar-refractivity contribution in [3.8, 4) is 0 Å². The quantitative estimate of drug-likeness (QED) is 0.638. The van der Waals surface area contributed by atoms with Gasteiger partial charge in [-0.15, -0.1) is 0 Å². The topological polar surface area (TPSA) is 30.7 Å². The number of aryl methyl sites for hydroxylation is 2. The van der Waals surface area contributed by atoms with Crippen LogP contribution in [0.4, 0.5) is 0 Å². The lowest BCUT2D eigenvalue weighted by Crippen LogP contribution is -1.99. The van der Waals surface area contributed by atoms with Crippen molar-refractivity contribution in [3.05, 3.63) is 18.0 Å². The highest BCUT2D eigenvalue weighted by Gasteiger charge is 2.05. The molecule has 0 bridgehead atoms. The summed E-state index contributed by atoms with van der Waals surface area (Å²) in [6.45, 7) is 4.98. The van der Waals surface area contributed by atoms with Crippen LogP contribution in [-0.4, -0.2) is 14.8 Å². The zero-order chi connectivity index (χ0) is 9.42. The summed E-state index contributed by atoms with van der Waals surface area (Å²) in [6, 6.07) is 2.07. The Hall–Kier alpha value is -0.950. The maximum absolute atomic E-state index is 4.39. The summed E-state index contributed by atoms with van der Waals surface area (Å²) in [4.78, 5) is 4.25. The van der Waals surface area contributed by atoms with Gasteiger partial charge in [-0.3, -0.25) is 9.67 Å². The number of rotatable bonds is 1. The molecule has 2 rings (SSSR count). The third-order valence-electron chi connectivity index (χ3n) is 2.10. The molecule has 68 valence electrons. The first kappa shape index (κ1) is 8.64. The predicted molar refractivity (Wildman–Crippen MR) is 57.3 cm³/mol. The van der Waals surface area contributed by atoms with E-state index < -0.39 is 0 Å². The van der Waals surface area contributed by atoms with Gasteiger partial charge in [0.05, 0.1) is 11.0 Å². The number of aromatic nitrogens is 3. The van der Waals surface area contributed by atoms with Crippen molar-refractivity contribution in [1.29, 1.82) is 0 Å². The van der Waals surface area contributed by atoms with Gasteiger partial charge in [0.25, 0.3) is 0 Å². The van der Waals surface area contributed by atoms with Crippen molar-refractivity contribution in [2.75, 3.05) is 0 Å². The van der Waals surface area contributed by atoms with E-state index >= 15 is 0 Å². The molecule has 0 fully saturated rings. The van der Waals surface area contributed by atoms with Gasteiger partial charge in [-0.05, 0) is 19.9 Å². The molecule has 3 nitrogen and oxygen atoms in total. The minimum absolute atomic E-state index is 0.897. The summed E-state index contributed by atoms with van der Waals surface area (Å²) in [5.41, 5.74) is 3.18. The molecule has 0 radical (unpaired) electrons. The lowest BCUT2D eigenvalue weighted by atomic mass is 10.3. The second kappa shape index (κ2) is 3.08. The Morgan fingerprint density at radius 1 is 1.54 bits per heavy atom. The van der Waals surface area contributed by atoms with Crippen LogP contribution in [0.15, 0.2) is 12.3 Å². The van der Waals surface area contributed by atoms with Crippen LogP contribution in [-0.2, 0) is 6.54 Å². The third kappa shape index (κ3) is 1.33. The molecule has 1 unspecified atom stereocenters. The summed E-state index contributed by atoms with van der Waals surface area (Å²) in [5.74, 6) is 0. The van der Waals surface area contributed by atoms with Crippen molar-refractivity contribution < 1.29 is 0 Å². The van der Waals surface area contributed by atoms with Gasteiger partial charge in [0.1, 0.15) is 0 Å². The van der Waals surface area contributed by atoms with Crippen LogP contribution in [0.25, 0.3) is 10.9 Å². The molecule has 0 amide bonds. The van der Waals surface area contributed by atoms with E-state index in [1.165, 1.54) is 5.52 Å². The van der Waals surface area contributed by atoms with Crippen LogP contribution < -0.4 is 5.44 Å². The molecule has 4 heteroatoms. The first-order valence-electron chi connectivity index (χ1n) is 4.31. The van der Waals surface area contributed by atoms with Crippen molar-refractivity contribution >= 4 is 25.6 Å². The molecular formula is C9H12N3P. The lowest BCUT2D eigenvalue weighted by molar-refractivity contribution is 0.690. The van der Waals surface area contributed by atoms with E-state index in [4.69, 9.17) is 0 Å². The Balaban J connectivity index is 2.81. The first-order chi connectivity index (χ1) is 6.22. The molecule has 1 atom stereocenters. The summed E-state index contributed by atoms with van der Waals surface area (Å²) in [7, 11) is 2.64. The average molecular weight is 193 g/mol. The molecule has 0 aromatic carbocycles. The fourth-order valence-electron chi connectivity index (χ4n) is 1.44. The molecule has 0 saturated carbocycles. The zero-order valence-electron chi connectivity index (χ0n) is 7.78. The van der Waals surface area contributed by atoms with Crippen molar-refractivity contribution in [2.45, 2.75) is 20.4 Å². The molecule has 13 heavy (non-hydrogen) atoms. The van der Waals surface area contributed by atoms with Gasteiger partial charge in [0.2, 0.25) is 0 Å². The Kier molecular flexibility index (Phi) is 2.04. The maximum Gasteiger partial charge on any atom is 0.0882 e. The molecular weight excluding hydrogens is 181 g/mol. The Morgan fingerprint density at radius 2 is 2.31 bits per heavy atom. The molecule has 0 saturated heterocycles. The fourth-order valence-corrected chi connectivity index (χ4v) is 1.80. The van der Waals surface area contributed by atoms with E-state index in [1.807, 2.05) is 17.8 Å². The fraction of sp³-hybridized carbons (Fsp3) is 0.333. The molecule has 2 aromatic rings. The van der Waals surface area contributed by atoms with Gasteiger partial charge < -0.3 is 0 Å². The summed E-state index contributed by atoms with van der Waals surface area (Å²) >= 11 is 0. The van der Waals surface area contributed by atoms with E-state index in [2.05, 4.69) is 32.3 Å². The normalized spacial score (nSPS) is 11.0. The Labute approximate surface area is 79.4 Å². The van der Waals surface area contributed by atoms with E-state index in [1.54, 1.807) is 0 Å². The molecule has 0 spiro atoms. The second-order valence-corrected chi connectivity index (χ2v) is 3.59. The number of nitrogens with zero attached hydrogens (tertiary/aromatic N) is 3. The molecule has 2 heterocycles. The van der Waals surface area contributed by atoms with Gasteiger partial charge in [-0.25, -0.2) is 0 Å². The summed E-state index contributed by atoms with van der Waals surface area (Å²) < 4.78 is 1.99. The van der Waals surface area contributed by atoms with Crippen LogP contribution in [0, 0.1) is 6.92 Å². The Morgan fingerprint density at radius 3 is 3.00 bits per heavy atom. The van der Waals surface area contributed by atoms with Crippen molar-refractivity contribution in [3.63, 3.8) is 0 Å². The summed E-state index contributed by atoms with van der Waals surface area (Å²) in [6.07, 6.45) is 1.88. The van der Waals surface area contributed by atoms with Crippen molar-refractivity contribution in [2.24, 2.45) is 0 Å². The van der Waals surface area contributed by atoms with Crippen LogP contribution in [0.3, 0.4) is 0 Å². The van der Waals surface area contributed by atoms with Gasteiger partial charge in [-0.1, -0.05) is 9.24 Å². The molecule has 0 aliphatic heterocycles. The number of hydrogen-bond acceptors (Lipinski definition) is 2. The van der Waals surface area contributed by atoms with E-state index in [0.29, 0.717) is 0 Å². The molecule has 0 aliphatic rings. The highest BCUT2D eigenvalue weighted by Crippen LogP contribution is 2.13. The zero-order valence-corrected chi connectivity index (χ0v) is 8.94. The van der Waals surface area contributed by atoms with Crippen LogP contribution >= 0.6 is 9.24 Å². The van der Waals surface area contributed by atoms with E-state index in [9.17, 15) is 0 Å². The molecule has 0 aliphatic carbocycles. The van der Waals surface area contributed by atoms with Crippen LogP contribution in [0.2, 0.25) is 0 Å². The first-order valence-corrected chi connectivity index (χ1v) is 4.88. The SMILES string of the molecule is CCn1nc(P)c2cnc(C)cc21. The monoisotopic (exact) mass is 193 g/mol. The minimum atomic E-state index is 0.897. The predicted octanol–water partition coefficient (Wildman–Crippen LogP) is 1.26. The van der Waals surface area contributed by atoms with Crippen LogP contribution in [0.5, 0.6) is 0 Å². The van der Waals surface area contributed by atoms with E-state index in [-0.39, 0.29) is 0 Å². The van der Waals surface area contributed by atoms with Gasteiger partial charge in [0, 0.05) is 23.8 Å². The van der Waals surface area contributed by atoms with E-state index in [0.717, 1.165) is 23.1 Å². The van der Waals surface area contributed by atoms with Gasteiger partial charge in [0.15, 0.2) is 0 Å². The third-order valence-corrected chi connectivity index (χ3v) is 2.53. The summed E-state index contributed by atoms with van der Waals surface area (Å²) in [5, 5.41) is 5.51. The van der Waals surface area contributed by atoms with Gasteiger partial charge in [-0.2, -0.15) is 5.10 Å². The number of pyridine rings is 1. The van der Waals surface area contributed by atoms with Crippen molar-refractivity contribution in [1.82, 2.24) is 14.8 Å². The van der Waals surface area contributed by atoms with Gasteiger partial charge >= 0.3 is 0 Å². The average Bonchev–Trinajstić information content (AvgIpc) is 2.42. The molecule has 0 N–H and O–H groups in total. The highest BCUT2D eigenvalue weighted by atomic mass is 31.0. The smallest absolute Gasteiger partial charge is 0.0882 e. The largest absolute Gasteiger partial charge is 0.264 e. The molecule has 2 aromatic heterocycles. The highest BCUT2D eigenvalue weighted by molar-refractivity contribution is 7.27. The number of fused-ring (bicyclic) bond motifs is 1. The maximum atomic E-state index is 4.39.